The van der Waals surface area contributed by atoms with E-state index in [1.165, 1.54) is 41.9 Å². The van der Waals surface area contributed by atoms with E-state index in [9.17, 15) is 0 Å². The van der Waals surface area contributed by atoms with Crippen molar-refractivity contribution in [2.24, 2.45) is 5.92 Å². The smallest absolute Gasteiger partial charge is 0.0155 e. The van der Waals surface area contributed by atoms with Crippen molar-refractivity contribution in [3.05, 3.63) is 23.3 Å². The Labute approximate surface area is 104 Å². The van der Waals surface area contributed by atoms with Crippen molar-refractivity contribution in [1.29, 1.82) is 0 Å². The molecule has 0 aromatic heterocycles. The summed E-state index contributed by atoms with van der Waals surface area (Å²) in [5.74, 6) is 1.73. The van der Waals surface area contributed by atoms with Gasteiger partial charge in [-0.25, -0.2) is 0 Å². The van der Waals surface area contributed by atoms with Crippen LogP contribution in [0.2, 0.25) is 0 Å². The van der Waals surface area contributed by atoms with Crippen LogP contribution in [0, 0.1) is 12.8 Å². The summed E-state index contributed by atoms with van der Waals surface area (Å²) in [5.41, 5.74) is 2.94. The Kier molecular flexibility index (Phi) is 4.04. The molecule has 2 heteroatoms. The van der Waals surface area contributed by atoms with Crippen molar-refractivity contribution in [2.75, 3.05) is 0 Å². The topological polar surface area (TPSA) is 0 Å². The van der Waals surface area contributed by atoms with E-state index in [1.807, 2.05) is 0 Å². The maximum absolute atomic E-state index is 2.94. The number of benzene rings is 1. The normalized spacial score (nSPS) is 25.8. The van der Waals surface area contributed by atoms with Crippen LogP contribution in [0.15, 0.2) is 12.1 Å². The molecule has 1 aromatic carbocycles. The number of rotatable bonds is 1. The van der Waals surface area contributed by atoms with Crippen molar-refractivity contribution in [3.8, 4) is 0 Å². The van der Waals surface area contributed by atoms with Gasteiger partial charge in [0.2, 0.25) is 0 Å². The molecular formula is C14H22P2. The van der Waals surface area contributed by atoms with E-state index in [1.54, 1.807) is 5.56 Å². The highest BCUT2D eigenvalue weighted by atomic mass is 31.0. The fraction of sp³-hybridized carbons (Fsp3) is 0.571. The standard InChI is InChI=1S/C14H22P2/c1-9-3-6-11(7-4-9)12-8-5-10(2)13(15)14(12)16/h5,8-9,11H,3-4,6-7,15-16H2,1-2H3. The molecule has 0 heterocycles. The van der Waals surface area contributed by atoms with Crippen LogP contribution in [0.5, 0.6) is 0 Å². The molecule has 1 aromatic rings. The maximum atomic E-state index is 2.94. The van der Waals surface area contributed by atoms with E-state index in [0.29, 0.717) is 0 Å². The predicted molar refractivity (Wildman–Crippen MR) is 80.2 cm³/mol. The first-order valence-electron chi connectivity index (χ1n) is 6.24. The molecule has 0 nitrogen and oxygen atoms in total. The molecule has 0 radical (unpaired) electrons. The van der Waals surface area contributed by atoms with Crippen molar-refractivity contribution in [3.63, 3.8) is 0 Å². The van der Waals surface area contributed by atoms with Crippen molar-refractivity contribution >= 4 is 29.1 Å². The number of hydrogen-bond donors (Lipinski definition) is 0. The zero-order valence-electron chi connectivity index (χ0n) is 10.3. The summed E-state index contributed by atoms with van der Waals surface area (Å²) in [6, 6.07) is 4.61. The number of hydrogen-bond acceptors (Lipinski definition) is 0. The Balaban J connectivity index is 2.24. The molecule has 1 aliphatic rings. The highest BCUT2D eigenvalue weighted by Crippen LogP contribution is 2.35. The molecule has 0 saturated heterocycles. The highest BCUT2D eigenvalue weighted by molar-refractivity contribution is 7.36. The third-order valence-corrected chi connectivity index (χ3v) is 5.74. The highest BCUT2D eigenvalue weighted by Gasteiger charge is 2.21. The van der Waals surface area contributed by atoms with Gasteiger partial charge in [0.05, 0.1) is 0 Å². The summed E-state index contributed by atoms with van der Waals surface area (Å²) in [6.45, 7) is 4.57. The molecule has 1 aliphatic carbocycles. The Hall–Kier alpha value is 0.0800. The minimum atomic E-state index is 0.795. The van der Waals surface area contributed by atoms with E-state index >= 15 is 0 Å². The summed E-state index contributed by atoms with van der Waals surface area (Å²) >= 11 is 0. The molecule has 2 unspecified atom stereocenters. The van der Waals surface area contributed by atoms with Crippen LogP contribution in [0.3, 0.4) is 0 Å². The maximum Gasteiger partial charge on any atom is -0.0155 e. The number of aryl methyl sites for hydroxylation is 1. The zero-order valence-corrected chi connectivity index (χ0v) is 12.6. The first kappa shape index (κ1) is 12.5. The first-order valence-corrected chi connectivity index (χ1v) is 7.39. The lowest BCUT2D eigenvalue weighted by molar-refractivity contribution is 0.349. The largest absolute Gasteiger partial charge is 0.105 e. The van der Waals surface area contributed by atoms with Gasteiger partial charge in [0, 0.05) is 0 Å². The van der Waals surface area contributed by atoms with Crippen molar-refractivity contribution in [1.82, 2.24) is 0 Å². The van der Waals surface area contributed by atoms with Gasteiger partial charge in [-0.15, -0.1) is 18.5 Å². The summed E-state index contributed by atoms with van der Waals surface area (Å²) in [5, 5.41) is 2.80. The van der Waals surface area contributed by atoms with Crippen LogP contribution in [0.4, 0.5) is 0 Å². The minimum absolute atomic E-state index is 0.795. The van der Waals surface area contributed by atoms with Gasteiger partial charge in [-0.05, 0) is 53.3 Å². The molecule has 2 atom stereocenters. The van der Waals surface area contributed by atoms with E-state index in [2.05, 4.69) is 44.5 Å². The second kappa shape index (κ2) is 5.16. The van der Waals surface area contributed by atoms with E-state index in [0.717, 1.165) is 11.8 Å². The Morgan fingerprint density at radius 1 is 1.00 bits per heavy atom. The van der Waals surface area contributed by atoms with Gasteiger partial charge in [-0.3, -0.25) is 0 Å². The fourth-order valence-corrected chi connectivity index (χ4v) is 3.51. The van der Waals surface area contributed by atoms with Gasteiger partial charge in [-0.2, -0.15) is 0 Å². The summed E-state index contributed by atoms with van der Waals surface area (Å²) < 4.78 is 0. The molecule has 0 bridgehead atoms. The predicted octanol–water partition coefficient (Wildman–Crippen LogP) is 3.29. The molecule has 1 saturated carbocycles. The van der Waals surface area contributed by atoms with Gasteiger partial charge in [0.1, 0.15) is 0 Å². The van der Waals surface area contributed by atoms with E-state index in [-0.39, 0.29) is 0 Å². The van der Waals surface area contributed by atoms with E-state index in [4.69, 9.17) is 0 Å². The first-order chi connectivity index (χ1) is 7.59. The average Bonchev–Trinajstić information content (AvgIpc) is 2.28. The third-order valence-electron chi connectivity index (χ3n) is 3.99. The van der Waals surface area contributed by atoms with Crippen molar-refractivity contribution < 1.29 is 0 Å². The quantitative estimate of drug-likeness (QED) is 0.673. The Morgan fingerprint density at radius 2 is 1.62 bits per heavy atom. The van der Waals surface area contributed by atoms with Crippen LogP contribution < -0.4 is 10.6 Å². The molecule has 1 fully saturated rings. The van der Waals surface area contributed by atoms with Gasteiger partial charge < -0.3 is 0 Å². The van der Waals surface area contributed by atoms with Gasteiger partial charge >= 0.3 is 0 Å². The van der Waals surface area contributed by atoms with Crippen molar-refractivity contribution in [2.45, 2.75) is 45.4 Å². The molecular weight excluding hydrogens is 230 g/mol. The molecule has 0 aliphatic heterocycles. The minimum Gasteiger partial charge on any atom is -0.105 e. The zero-order chi connectivity index (χ0) is 11.7. The van der Waals surface area contributed by atoms with E-state index < -0.39 is 0 Å². The molecule has 2 rings (SSSR count). The van der Waals surface area contributed by atoms with Gasteiger partial charge in [0.15, 0.2) is 0 Å². The van der Waals surface area contributed by atoms with Crippen LogP contribution in [-0.2, 0) is 0 Å². The molecule has 0 N–H and O–H groups in total. The summed E-state index contributed by atoms with van der Waals surface area (Å²) in [4.78, 5) is 0. The lowest BCUT2D eigenvalue weighted by Gasteiger charge is -2.28. The molecule has 88 valence electrons. The third kappa shape index (κ3) is 2.49. The van der Waals surface area contributed by atoms with Gasteiger partial charge in [0.25, 0.3) is 0 Å². The fourth-order valence-electron chi connectivity index (χ4n) is 2.69. The average molecular weight is 252 g/mol. The van der Waals surface area contributed by atoms with Crippen LogP contribution >= 0.6 is 18.5 Å². The van der Waals surface area contributed by atoms with Crippen LogP contribution in [-0.4, -0.2) is 0 Å². The molecule has 0 spiro atoms. The monoisotopic (exact) mass is 252 g/mol. The molecule has 16 heavy (non-hydrogen) atoms. The Bertz CT molecular complexity index is 377. The Morgan fingerprint density at radius 3 is 2.25 bits per heavy atom. The molecule has 0 amide bonds. The SMILES string of the molecule is Cc1ccc(C2CCC(C)CC2)c(P)c1P. The van der Waals surface area contributed by atoms with Crippen LogP contribution in [0.1, 0.15) is 49.7 Å². The van der Waals surface area contributed by atoms with Crippen LogP contribution in [0.25, 0.3) is 0 Å². The second-order valence-corrected chi connectivity index (χ2v) is 6.41. The van der Waals surface area contributed by atoms with Gasteiger partial charge in [-0.1, -0.05) is 31.9 Å². The lowest BCUT2D eigenvalue weighted by atomic mass is 9.79. The lowest BCUT2D eigenvalue weighted by Crippen LogP contribution is -2.23. The summed E-state index contributed by atoms with van der Waals surface area (Å²) in [6.07, 6.45) is 5.54. The second-order valence-electron chi connectivity index (χ2n) is 5.26. The summed E-state index contributed by atoms with van der Waals surface area (Å²) in [7, 11) is 5.82.